The first-order valence-electron chi connectivity index (χ1n) is 12.1. The van der Waals surface area contributed by atoms with Gasteiger partial charge in [-0.15, -0.1) is 0 Å². The van der Waals surface area contributed by atoms with E-state index in [4.69, 9.17) is 0 Å². The lowest BCUT2D eigenvalue weighted by Crippen LogP contribution is -2.44. The topological polar surface area (TPSA) is 57.2 Å². The van der Waals surface area contributed by atoms with Crippen molar-refractivity contribution in [2.45, 2.75) is 96.4 Å². The second-order valence-corrected chi connectivity index (χ2v) is 10.9. The van der Waals surface area contributed by atoms with Gasteiger partial charge in [0.2, 0.25) is 0 Å². The molecule has 4 nitrogen and oxygen atoms in total. The van der Waals surface area contributed by atoms with Gasteiger partial charge in [0.25, 0.3) is 0 Å². The molecule has 1 rings (SSSR count). The SMILES string of the molecule is CCCCCCCCCCCCC(c1ccccc1)[N+](C)(C)CCCCS(=O)(=O)[O-]. The van der Waals surface area contributed by atoms with Gasteiger partial charge in [-0.05, 0) is 19.3 Å². The molecule has 1 aromatic carbocycles. The molecule has 0 bridgehead atoms. The van der Waals surface area contributed by atoms with Crippen LogP contribution < -0.4 is 0 Å². The summed E-state index contributed by atoms with van der Waals surface area (Å²) in [6, 6.07) is 11.1. The molecule has 0 saturated heterocycles. The van der Waals surface area contributed by atoms with E-state index in [0.29, 0.717) is 12.5 Å². The minimum atomic E-state index is -4.10. The lowest BCUT2D eigenvalue weighted by atomic mass is 9.96. The lowest BCUT2D eigenvalue weighted by molar-refractivity contribution is -0.921. The van der Waals surface area contributed by atoms with E-state index >= 15 is 0 Å². The zero-order valence-electron chi connectivity index (χ0n) is 19.7. The second-order valence-electron chi connectivity index (χ2n) is 9.37. The van der Waals surface area contributed by atoms with Crippen LogP contribution in [0.1, 0.15) is 102 Å². The van der Waals surface area contributed by atoms with Gasteiger partial charge >= 0.3 is 0 Å². The highest BCUT2D eigenvalue weighted by Crippen LogP contribution is 2.31. The van der Waals surface area contributed by atoms with Gasteiger partial charge < -0.3 is 9.04 Å². The van der Waals surface area contributed by atoms with Gasteiger partial charge in [-0.25, -0.2) is 8.42 Å². The van der Waals surface area contributed by atoms with Crippen molar-refractivity contribution in [3.05, 3.63) is 35.9 Å². The summed E-state index contributed by atoms with van der Waals surface area (Å²) in [5, 5.41) is 0. The molecule has 0 aliphatic rings. The summed E-state index contributed by atoms with van der Waals surface area (Å²) < 4.78 is 33.4. The van der Waals surface area contributed by atoms with Crippen molar-refractivity contribution >= 4 is 10.1 Å². The van der Waals surface area contributed by atoms with E-state index in [2.05, 4.69) is 51.4 Å². The van der Waals surface area contributed by atoms with Gasteiger partial charge in [0.15, 0.2) is 0 Å². The molecule has 5 heteroatoms. The average Bonchev–Trinajstić information content (AvgIpc) is 2.69. The van der Waals surface area contributed by atoms with E-state index in [-0.39, 0.29) is 5.75 Å². The third-order valence-electron chi connectivity index (χ3n) is 6.24. The fourth-order valence-electron chi connectivity index (χ4n) is 4.37. The Bertz CT molecular complexity index is 644. The summed E-state index contributed by atoms with van der Waals surface area (Å²) in [5.41, 5.74) is 1.36. The summed E-state index contributed by atoms with van der Waals surface area (Å²) >= 11 is 0. The number of rotatable bonds is 18. The Hall–Kier alpha value is -0.910. The molecule has 0 aliphatic heterocycles. The second kappa shape index (κ2) is 15.0. The smallest absolute Gasteiger partial charge is 0.114 e. The maximum Gasteiger partial charge on any atom is 0.114 e. The van der Waals surface area contributed by atoms with Gasteiger partial charge in [-0.1, -0.05) is 95.0 Å². The highest BCUT2D eigenvalue weighted by molar-refractivity contribution is 7.85. The number of hydrogen-bond donors (Lipinski definition) is 0. The molecule has 0 amide bonds. The molecule has 174 valence electrons. The van der Waals surface area contributed by atoms with Crippen LogP contribution in [0.15, 0.2) is 30.3 Å². The van der Waals surface area contributed by atoms with Crippen LogP contribution in [0, 0.1) is 0 Å². The maximum atomic E-state index is 10.9. The Balaban J connectivity index is 2.43. The van der Waals surface area contributed by atoms with Gasteiger partial charge in [0.1, 0.15) is 6.04 Å². The van der Waals surface area contributed by atoms with Crippen molar-refractivity contribution in [3.8, 4) is 0 Å². The van der Waals surface area contributed by atoms with Crippen molar-refractivity contribution in [2.24, 2.45) is 0 Å². The van der Waals surface area contributed by atoms with E-state index in [9.17, 15) is 13.0 Å². The average molecular weight is 440 g/mol. The molecule has 0 aromatic heterocycles. The van der Waals surface area contributed by atoms with Crippen molar-refractivity contribution in [3.63, 3.8) is 0 Å². The number of unbranched alkanes of at least 4 members (excludes halogenated alkanes) is 10. The number of hydrogen-bond acceptors (Lipinski definition) is 3. The lowest BCUT2D eigenvalue weighted by Gasteiger charge is -2.39. The van der Waals surface area contributed by atoms with Crippen LogP contribution in [0.4, 0.5) is 0 Å². The highest BCUT2D eigenvalue weighted by Gasteiger charge is 2.28. The van der Waals surface area contributed by atoms with E-state index in [0.717, 1.165) is 23.9 Å². The maximum absolute atomic E-state index is 10.9. The summed E-state index contributed by atoms with van der Waals surface area (Å²) in [6.45, 7) is 3.15. The van der Waals surface area contributed by atoms with Crippen LogP contribution in [0.3, 0.4) is 0 Å². The highest BCUT2D eigenvalue weighted by atomic mass is 32.2. The van der Waals surface area contributed by atoms with Crippen LogP contribution in [-0.2, 0) is 10.1 Å². The normalized spacial score (nSPS) is 13.5. The first kappa shape index (κ1) is 27.1. The Kier molecular flexibility index (Phi) is 13.5. The van der Waals surface area contributed by atoms with Crippen molar-refractivity contribution in [1.82, 2.24) is 0 Å². The fraction of sp³-hybridized carbons (Fsp3) is 0.760. The van der Waals surface area contributed by atoms with Crippen molar-refractivity contribution in [2.75, 3.05) is 26.4 Å². The zero-order valence-corrected chi connectivity index (χ0v) is 20.5. The summed E-state index contributed by atoms with van der Waals surface area (Å²) in [5.74, 6) is -0.249. The predicted octanol–water partition coefficient (Wildman–Crippen LogP) is 6.44. The largest absolute Gasteiger partial charge is 0.748 e. The van der Waals surface area contributed by atoms with Crippen molar-refractivity contribution in [1.29, 1.82) is 0 Å². The van der Waals surface area contributed by atoms with Gasteiger partial charge in [0, 0.05) is 17.7 Å². The molecular weight excluding hydrogens is 394 g/mol. The van der Waals surface area contributed by atoms with Gasteiger partial charge in [0.05, 0.1) is 30.8 Å². The molecule has 0 radical (unpaired) electrons. The Morgan fingerprint density at radius 3 is 1.87 bits per heavy atom. The third-order valence-corrected chi connectivity index (χ3v) is 7.03. The quantitative estimate of drug-likeness (QED) is 0.150. The molecule has 1 atom stereocenters. The fourth-order valence-corrected chi connectivity index (χ4v) is 4.93. The number of quaternary nitrogens is 1. The minimum absolute atomic E-state index is 0.249. The number of benzene rings is 1. The van der Waals surface area contributed by atoms with Crippen LogP contribution in [0.5, 0.6) is 0 Å². The molecular formula is C25H45NO3S. The first-order valence-corrected chi connectivity index (χ1v) is 13.6. The molecule has 30 heavy (non-hydrogen) atoms. The van der Waals surface area contributed by atoms with Crippen LogP contribution in [0.25, 0.3) is 0 Å². The molecule has 0 aliphatic carbocycles. The Labute approximate surface area is 186 Å². The van der Waals surface area contributed by atoms with Crippen LogP contribution in [-0.4, -0.2) is 43.8 Å². The molecule has 1 unspecified atom stereocenters. The molecule has 0 spiro atoms. The zero-order chi connectivity index (χ0) is 22.3. The molecule has 0 fully saturated rings. The van der Waals surface area contributed by atoms with Crippen molar-refractivity contribution < 1.29 is 17.5 Å². The monoisotopic (exact) mass is 439 g/mol. The summed E-state index contributed by atoms with van der Waals surface area (Å²) in [6.07, 6.45) is 15.8. The van der Waals surface area contributed by atoms with E-state index < -0.39 is 10.1 Å². The third kappa shape index (κ3) is 12.7. The van der Waals surface area contributed by atoms with E-state index in [1.165, 1.54) is 69.8 Å². The first-order chi connectivity index (χ1) is 14.3. The van der Waals surface area contributed by atoms with Crippen LogP contribution >= 0.6 is 0 Å². The molecule has 0 saturated carbocycles. The number of nitrogens with zero attached hydrogens (tertiary/aromatic N) is 1. The standard InChI is InChI=1S/C25H45NO3S/c1-4-5-6-7-8-9-10-11-12-16-21-25(24-19-14-13-15-20-24)26(2,3)22-17-18-23-30(27,28)29/h13-15,19-20,25H,4-12,16-18,21-23H2,1-3H3. The predicted molar refractivity (Wildman–Crippen MR) is 126 cm³/mol. The minimum Gasteiger partial charge on any atom is -0.748 e. The Morgan fingerprint density at radius 2 is 1.33 bits per heavy atom. The van der Waals surface area contributed by atoms with E-state index in [1.54, 1.807) is 0 Å². The summed E-state index contributed by atoms with van der Waals surface area (Å²) in [7, 11) is 0.368. The van der Waals surface area contributed by atoms with E-state index in [1.807, 2.05) is 0 Å². The molecule has 0 N–H and O–H groups in total. The Morgan fingerprint density at radius 1 is 0.800 bits per heavy atom. The molecule has 1 aromatic rings. The summed E-state index contributed by atoms with van der Waals surface area (Å²) in [4.78, 5) is 0. The van der Waals surface area contributed by atoms with Crippen LogP contribution in [0.2, 0.25) is 0 Å². The molecule has 0 heterocycles. The van der Waals surface area contributed by atoms with Gasteiger partial charge in [-0.3, -0.25) is 0 Å². The van der Waals surface area contributed by atoms with Gasteiger partial charge in [-0.2, -0.15) is 0 Å².